The Morgan fingerprint density at radius 3 is 2.83 bits per heavy atom. The minimum absolute atomic E-state index is 0.0516. The second-order valence-corrected chi connectivity index (χ2v) is 4.22. The van der Waals surface area contributed by atoms with Gasteiger partial charge in [-0.3, -0.25) is 4.79 Å². The van der Waals surface area contributed by atoms with Crippen LogP contribution >= 0.6 is 0 Å². The molecule has 1 aliphatic rings. The van der Waals surface area contributed by atoms with Gasteiger partial charge in [0.2, 0.25) is 5.91 Å². The number of likely N-dealkylation sites (tertiary alicyclic amines) is 1. The van der Waals surface area contributed by atoms with Crippen molar-refractivity contribution < 1.29 is 14.3 Å². The van der Waals surface area contributed by atoms with Gasteiger partial charge in [0.15, 0.2) is 0 Å². The SMILES string of the molecule is COC(=O)N[C@H]1CCN(Cc2ccccc2)C1=O. The summed E-state index contributed by atoms with van der Waals surface area (Å²) in [5, 5.41) is 2.54. The number of hydrogen-bond acceptors (Lipinski definition) is 3. The zero-order valence-electron chi connectivity index (χ0n) is 10.3. The fourth-order valence-electron chi connectivity index (χ4n) is 2.03. The van der Waals surface area contributed by atoms with Crippen LogP contribution in [0.1, 0.15) is 12.0 Å². The monoisotopic (exact) mass is 248 g/mol. The van der Waals surface area contributed by atoms with Crippen molar-refractivity contribution in [1.29, 1.82) is 0 Å². The van der Waals surface area contributed by atoms with Crippen molar-refractivity contribution in [1.82, 2.24) is 10.2 Å². The van der Waals surface area contributed by atoms with Gasteiger partial charge in [-0.2, -0.15) is 0 Å². The number of alkyl carbamates (subject to hydrolysis) is 1. The van der Waals surface area contributed by atoms with Gasteiger partial charge in [0.05, 0.1) is 7.11 Å². The molecule has 18 heavy (non-hydrogen) atoms. The minimum atomic E-state index is -0.560. The number of hydrogen-bond donors (Lipinski definition) is 1. The lowest BCUT2D eigenvalue weighted by atomic mass is 10.2. The fourth-order valence-corrected chi connectivity index (χ4v) is 2.03. The topological polar surface area (TPSA) is 58.6 Å². The molecular formula is C13H16N2O3. The molecule has 96 valence electrons. The second kappa shape index (κ2) is 5.53. The number of nitrogens with zero attached hydrogens (tertiary/aromatic N) is 1. The van der Waals surface area contributed by atoms with Crippen LogP contribution in [-0.4, -0.2) is 36.6 Å². The number of ether oxygens (including phenoxy) is 1. The van der Waals surface area contributed by atoms with E-state index in [1.165, 1.54) is 7.11 Å². The van der Waals surface area contributed by atoms with Crippen LogP contribution in [0.15, 0.2) is 30.3 Å². The third-order valence-electron chi connectivity index (χ3n) is 2.99. The average Bonchev–Trinajstić information content (AvgIpc) is 2.73. The number of carbonyl (C=O) groups excluding carboxylic acids is 2. The number of rotatable bonds is 3. The lowest BCUT2D eigenvalue weighted by Crippen LogP contribution is -2.41. The van der Waals surface area contributed by atoms with Crippen LogP contribution in [0.4, 0.5) is 4.79 Å². The van der Waals surface area contributed by atoms with Crippen LogP contribution < -0.4 is 5.32 Å². The van der Waals surface area contributed by atoms with Gasteiger partial charge in [0.1, 0.15) is 6.04 Å². The molecule has 2 rings (SSSR count). The van der Waals surface area contributed by atoms with E-state index in [2.05, 4.69) is 10.1 Å². The molecule has 0 saturated carbocycles. The van der Waals surface area contributed by atoms with Crippen LogP contribution in [0.5, 0.6) is 0 Å². The number of methoxy groups -OCH3 is 1. The average molecular weight is 248 g/mol. The third kappa shape index (κ3) is 2.80. The maximum atomic E-state index is 12.0. The van der Waals surface area contributed by atoms with Gasteiger partial charge < -0.3 is 15.0 Å². The summed E-state index contributed by atoms with van der Waals surface area (Å²) in [6.07, 6.45) is 0.0655. The van der Waals surface area contributed by atoms with E-state index in [0.717, 1.165) is 5.56 Å². The Morgan fingerprint density at radius 1 is 1.44 bits per heavy atom. The van der Waals surface area contributed by atoms with E-state index in [-0.39, 0.29) is 5.91 Å². The maximum Gasteiger partial charge on any atom is 0.407 e. The van der Waals surface area contributed by atoms with Gasteiger partial charge in [0, 0.05) is 13.1 Å². The van der Waals surface area contributed by atoms with Gasteiger partial charge >= 0.3 is 6.09 Å². The van der Waals surface area contributed by atoms with Crippen molar-refractivity contribution in [3.63, 3.8) is 0 Å². The molecule has 0 aromatic heterocycles. The van der Waals surface area contributed by atoms with Crippen LogP contribution in [0.2, 0.25) is 0 Å². The summed E-state index contributed by atoms with van der Waals surface area (Å²) in [6.45, 7) is 1.24. The minimum Gasteiger partial charge on any atom is -0.453 e. The first-order valence-corrected chi connectivity index (χ1v) is 5.88. The summed E-state index contributed by atoms with van der Waals surface area (Å²) in [5.74, 6) is -0.0516. The molecule has 1 aliphatic heterocycles. The Labute approximate surface area is 106 Å². The number of nitrogens with one attached hydrogen (secondary N) is 1. The van der Waals surface area contributed by atoms with Gasteiger partial charge in [0.25, 0.3) is 0 Å². The summed E-state index contributed by atoms with van der Waals surface area (Å²) < 4.78 is 4.49. The largest absolute Gasteiger partial charge is 0.453 e. The Bertz CT molecular complexity index is 433. The second-order valence-electron chi connectivity index (χ2n) is 4.22. The molecule has 0 unspecified atom stereocenters. The molecule has 1 saturated heterocycles. The quantitative estimate of drug-likeness (QED) is 0.872. The summed E-state index contributed by atoms with van der Waals surface area (Å²) in [7, 11) is 1.29. The molecule has 1 aromatic rings. The molecular weight excluding hydrogens is 232 g/mol. The van der Waals surface area contributed by atoms with E-state index in [9.17, 15) is 9.59 Å². The van der Waals surface area contributed by atoms with E-state index in [1.807, 2.05) is 30.3 Å². The molecule has 1 aromatic carbocycles. The Morgan fingerprint density at radius 2 is 2.17 bits per heavy atom. The lowest BCUT2D eigenvalue weighted by Gasteiger charge is -2.16. The van der Waals surface area contributed by atoms with E-state index < -0.39 is 12.1 Å². The fraction of sp³-hybridized carbons (Fsp3) is 0.385. The highest BCUT2D eigenvalue weighted by atomic mass is 16.5. The van der Waals surface area contributed by atoms with Crippen molar-refractivity contribution in [2.45, 2.75) is 19.0 Å². The summed E-state index contributed by atoms with van der Waals surface area (Å²) in [5.41, 5.74) is 1.09. The van der Waals surface area contributed by atoms with Gasteiger partial charge in [-0.1, -0.05) is 30.3 Å². The first-order chi connectivity index (χ1) is 8.70. The molecule has 5 nitrogen and oxygen atoms in total. The van der Waals surface area contributed by atoms with Crippen molar-refractivity contribution in [2.24, 2.45) is 0 Å². The number of amides is 2. The Kier molecular flexibility index (Phi) is 3.82. The normalized spacial score (nSPS) is 18.8. The van der Waals surface area contributed by atoms with Gasteiger partial charge in [-0.25, -0.2) is 4.79 Å². The zero-order chi connectivity index (χ0) is 13.0. The van der Waals surface area contributed by atoms with Gasteiger partial charge in [-0.05, 0) is 12.0 Å². The molecule has 1 N–H and O–H groups in total. The third-order valence-corrected chi connectivity index (χ3v) is 2.99. The summed E-state index contributed by atoms with van der Waals surface area (Å²) in [4.78, 5) is 24.8. The highest BCUT2D eigenvalue weighted by Crippen LogP contribution is 2.15. The van der Waals surface area contributed by atoms with E-state index in [1.54, 1.807) is 4.90 Å². The molecule has 0 bridgehead atoms. The standard InChI is InChI=1S/C13H16N2O3/c1-18-13(17)14-11-7-8-15(12(11)16)9-10-5-3-2-4-6-10/h2-6,11H,7-9H2,1H3,(H,14,17)/t11-/m0/s1. The van der Waals surface area contributed by atoms with Crippen molar-refractivity contribution in [2.75, 3.05) is 13.7 Å². The Balaban J connectivity index is 1.93. The molecule has 0 spiro atoms. The number of benzene rings is 1. The predicted molar refractivity (Wildman–Crippen MR) is 65.8 cm³/mol. The summed E-state index contributed by atoms with van der Waals surface area (Å²) >= 11 is 0. The van der Waals surface area contributed by atoms with E-state index >= 15 is 0 Å². The number of carbonyl (C=O) groups is 2. The predicted octanol–water partition coefficient (Wildman–Crippen LogP) is 1.14. The van der Waals surface area contributed by atoms with Crippen LogP contribution in [-0.2, 0) is 16.1 Å². The van der Waals surface area contributed by atoms with Crippen LogP contribution in [0.3, 0.4) is 0 Å². The first kappa shape index (κ1) is 12.4. The van der Waals surface area contributed by atoms with Crippen molar-refractivity contribution in [3.8, 4) is 0 Å². The first-order valence-electron chi connectivity index (χ1n) is 5.88. The molecule has 1 atom stereocenters. The van der Waals surface area contributed by atoms with E-state index in [0.29, 0.717) is 19.5 Å². The van der Waals surface area contributed by atoms with E-state index in [4.69, 9.17) is 0 Å². The lowest BCUT2D eigenvalue weighted by molar-refractivity contribution is -0.129. The molecule has 5 heteroatoms. The van der Waals surface area contributed by atoms with Crippen LogP contribution in [0.25, 0.3) is 0 Å². The Hall–Kier alpha value is -2.04. The molecule has 1 fully saturated rings. The molecule has 0 aliphatic carbocycles. The van der Waals surface area contributed by atoms with Crippen molar-refractivity contribution >= 4 is 12.0 Å². The maximum absolute atomic E-state index is 12.0. The van der Waals surface area contributed by atoms with Crippen LogP contribution in [0, 0.1) is 0 Å². The molecule has 1 heterocycles. The molecule has 2 amide bonds. The van der Waals surface area contributed by atoms with Gasteiger partial charge in [-0.15, -0.1) is 0 Å². The highest BCUT2D eigenvalue weighted by molar-refractivity contribution is 5.87. The summed E-state index contributed by atoms with van der Waals surface area (Å²) in [6, 6.07) is 9.33. The van der Waals surface area contributed by atoms with Crippen molar-refractivity contribution in [3.05, 3.63) is 35.9 Å². The molecule has 0 radical (unpaired) electrons. The highest BCUT2D eigenvalue weighted by Gasteiger charge is 2.32. The zero-order valence-corrected chi connectivity index (χ0v) is 10.3. The smallest absolute Gasteiger partial charge is 0.407 e.